The van der Waals surface area contributed by atoms with Crippen LogP contribution in [0.3, 0.4) is 0 Å². The fraction of sp³-hybridized carbons (Fsp3) is 0.0833. The van der Waals surface area contributed by atoms with Crippen LogP contribution in [0.25, 0.3) is 0 Å². The molecule has 0 fully saturated rings. The van der Waals surface area contributed by atoms with Crippen LogP contribution in [0.2, 0.25) is 5.02 Å². The normalized spacial score (nSPS) is 11.4. The smallest absolute Gasteiger partial charge is 0.273 e. The molecule has 0 unspecified atom stereocenters. The summed E-state index contributed by atoms with van der Waals surface area (Å²) in [6.07, 6.45) is 2.94. The van der Waals surface area contributed by atoms with Crippen molar-refractivity contribution in [2.24, 2.45) is 17.9 Å². The van der Waals surface area contributed by atoms with E-state index in [2.05, 4.69) is 15.5 Å². The first-order valence-corrected chi connectivity index (χ1v) is 5.96. The van der Waals surface area contributed by atoms with E-state index in [1.165, 1.54) is 18.6 Å². The van der Waals surface area contributed by atoms with Gasteiger partial charge in [-0.15, -0.1) is 0 Å². The second-order valence-corrected chi connectivity index (χ2v) is 4.46. The van der Waals surface area contributed by atoms with Crippen LogP contribution in [-0.4, -0.2) is 26.5 Å². The van der Waals surface area contributed by atoms with E-state index in [0.717, 1.165) is 0 Å². The Morgan fingerprint density at radius 3 is 2.90 bits per heavy atom. The average molecular weight is 294 g/mol. The number of oxime groups is 1. The zero-order valence-electron chi connectivity index (χ0n) is 10.5. The van der Waals surface area contributed by atoms with Crippen molar-refractivity contribution >= 4 is 29.0 Å². The fourth-order valence-corrected chi connectivity index (χ4v) is 1.83. The molecule has 8 heteroatoms. The van der Waals surface area contributed by atoms with Gasteiger partial charge in [-0.2, -0.15) is 0 Å². The van der Waals surface area contributed by atoms with Crippen molar-refractivity contribution in [1.82, 2.24) is 9.55 Å². The standard InChI is InChI=1S/C12H12ClN5O2/c1-18-6-15-5-10(18)12(19)16-9-4-7(13)2-3-8(9)11(14)17-20/h2-6,20H,1H3,(H2,14,17)(H,16,19). The first-order chi connectivity index (χ1) is 9.52. The molecule has 0 aliphatic heterocycles. The summed E-state index contributed by atoms with van der Waals surface area (Å²) >= 11 is 5.89. The summed E-state index contributed by atoms with van der Waals surface area (Å²) in [5, 5.41) is 14.7. The molecule has 1 heterocycles. The molecule has 20 heavy (non-hydrogen) atoms. The molecule has 0 radical (unpaired) electrons. The van der Waals surface area contributed by atoms with Crippen molar-refractivity contribution in [2.45, 2.75) is 0 Å². The molecule has 104 valence electrons. The summed E-state index contributed by atoms with van der Waals surface area (Å²) in [7, 11) is 1.70. The second-order valence-electron chi connectivity index (χ2n) is 4.02. The van der Waals surface area contributed by atoms with Crippen molar-refractivity contribution < 1.29 is 10.0 Å². The van der Waals surface area contributed by atoms with E-state index in [0.29, 0.717) is 22.0 Å². The van der Waals surface area contributed by atoms with Gasteiger partial charge in [0.2, 0.25) is 0 Å². The summed E-state index contributed by atoms with van der Waals surface area (Å²) < 4.78 is 1.57. The van der Waals surface area contributed by atoms with Crippen LogP contribution in [0.4, 0.5) is 5.69 Å². The summed E-state index contributed by atoms with van der Waals surface area (Å²) in [5.74, 6) is -0.499. The third kappa shape index (κ3) is 2.72. The van der Waals surface area contributed by atoms with Crippen molar-refractivity contribution in [3.05, 3.63) is 47.0 Å². The summed E-state index contributed by atoms with van der Waals surface area (Å²) in [4.78, 5) is 16.0. The fourth-order valence-electron chi connectivity index (χ4n) is 1.66. The molecule has 0 aliphatic carbocycles. The zero-order chi connectivity index (χ0) is 14.7. The van der Waals surface area contributed by atoms with Gasteiger partial charge in [-0.3, -0.25) is 4.79 Å². The predicted molar refractivity (Wildman–Crippen MR) is 75.1 cm³/mol. The van der Waals surface area contributed by atoms with Gasteiger partial charge < -0.3 is 20.8 Å². The predicted octanol–water partition coefficient (Wildman–Crippen LogP) is 1.42. The number of hydrogen-bond acceptors (Lipinski definition) is 4. The lowest BCUT2D eigenvalue weighted by Crippen LogP contribution is -2.20. The van der Waals surface area contributed by atoms with E-state index in [4.69, 9.17) is 22.5 Å². The molecule has 2 rings (SSSR count). The number of halogens is 1. The Balaban J connectivity index is 2.36. The second kappa shape index (κ2) is 5.62. The minimum absolute atomic E-state index is 0.123. The first kappa shape index (κ1) is 13.9. The Morgan fingerprint density at radius 1 is 1.55 bits per heavy atom. The van der Waals surface area contributed by atoms with Crippen LogP contribution >= 0.6 is 11.6 Å². The van der Waals surface area contributed by atoms with Crippen LogP contribution in [-0.2, 0) is 7.05 Å². The maximum atomic E-state index is 12.1. The number of nitrogens with zero attached hydrogens (tertiary/aromatic N) is 3. The molecular weight excluding hydrogens is 282 g/mol. The van der Waals surface area contributed by atoms with E-state index in [9.17, 15) is 4.79 Å². The molecule has 1 aromatic heterocycles. The van der Waals surface area contributed by atoms with Crippen LogP contribution in [0, 0.1) is 0 Å². The lowest BCUT2D eigenvalue weighted by Gasteiger charge is -2.10. The number of rotatable bonds is 3. The lowest BCUT2D eigenvalue weighted by molar-refractivity contribution is 0.101. The molecule has 0 aliphatic rings. The van der Waals surface area contributed by atoms with Gasteiger partial charge in [-0.05, 0) is 18.2 Å². The summed E-state index contributed by atoms with van der Waals surface area (Å²) in [5.41, 5.74) is 6.64. The Morgan fingerprint density at radius 2 is 2.30 bits per heavy atom. The summed E-state index contributed by atoms with van der Waals surface area (Å²) in [6, 6.07) is 4.65. The van der Waals surface area contributed by atoms with Crippen LogP contribution < -0.4 is 11.1 Å². The van der Waals surface area contributed by atoms with Gasteiger partial charge in [0, 0.05) is 17.6 Å². The maximum absolute atomic E-state index is 12.1. The highest BCUT2D eigenvalue weighted by atomic mass is 35.5. The number of carbonyl (C=O) groups is 1. The monoisotopic (exact) mass is 293 g/mol. The number of nitrogens with one attached hydrogen (secondary N) is 1. The minimum Gasteiger partial charge on any atom is -0.409 e. The number of carbonyl (C=O) groups excluding carboxylic acids is 1. The Bertz CT molecular complexity index is 680. The Kier molecular flexibility index (Phi) is 3.90. The molecule has 1 amide bonds. The number of nitrogens with two attached hydrogens (primary N) is 1. The van der Waals surface area contributed by atoms with E-state index < -0.39 is 0 Å². The van der Waals surface area contributed by atoms with Crippen molar-refractivity contribution in [3.63, 3.8) is 0 Å². The van der Waals surface area contributed by atoms with Crippen molar-refractivity contribution in [1.29, 1.82) is 0 Å². The molecule has 0 bridgehead atoms. The Labute approximate surface area is 119 Å². The lowest BCUT2D eigenvalue weighted by atomic mass is 10.1. The van der Waals surface area contributed by atoms with Crippen LogP contribution in [0.15, 0.2) is 35.9 Å². The third-order valence-corrected chi connectivity index (χ3v) is 2.90. The number of imidazole rings is 1. The number of anilines is 1. The summed E-state index contributed by atoms with van der Waals surface area (Å²) in [6.45, 7) is 0. The molecule has 7 nitrogen and oxygen atoms in total. The molecule has 0 saturated heterocycles. The average Bonchev–Trinajstić information content (AvgIpc) is 2.84. The SMILES string of the molecule is Cn1cncc1C(=O)Nc1cc(Cl)ccc1/C(N)=N/O. The van der Waals surface area contributed by atoms with Gasteiger partial charge in [0.1, 0.15) is 5.69 Å². The molecule has 2 aromatic rings. The van der Waals surface area contributed by atoms with Crippen molar-refractivity contribution in [3.8, 4) is 0 Å². The number of benzene rings is 1. The highest BCUT2D eigenvalue weighted by molar-refractivity contribution is 6.31. The maximum Gasteiger partial charge on any atom is 0.273 e. The number of aromatic nitrogens is 2. The molecular formula is C12H12ClN5O2. The van der Waals surface area contributed by atoms with Gasteiger partial charge in [0.05, 0.1) is 18.2 Å². The van der Waals surface area contributed by atoms with E-state index in [1.54, 1.807) is 23.7 Å². The number of aryl methyl sites for hydroxylation is 1. The quantitative estimate of drug-likeness (QED) is 0.344. The zero-order valence-corrected chi connectivity index (χ0v) is 11.3. The van der Waals surface area contributed by atoms with E-state index in [1.807, 2.05) is 0 Å². The highest BCUT2D eigenvalue weighted by Crippen LogP contribution is 2.21. The van der Waals surface area contributed by atoms with Gasteiger partial charge in [0.15, 0.2) is 5.84 Å². The van der Waals surface area contributed by atoms with Gasteiger partial charge in [-0.1, -0.05) is 16.8 Å². The van der Waals surface area contributed by atoms with Gasteiger partial charge in [0.25, 0.3) is 5.91 Å². The molecule has 1 aromatic carbocycles. The van der Waals surface area contributed by atoms with Crippen molar-refractivity contribution in [2.75, 3.05) is 5.32 Å². The van der Waals surface area contributed by atoms with E-state index >= 15 is 0 Å². The minimum atomic E-state index is -0.376. The first-order valence-electron chi connectivity index (χ1n) is 5.58. The van der Waals surface area contributed by atoms with Crippen LogP contribution in [0.1, 0.15) is 16.1 Å². The van der Waals surface area contributed by atoms with Gasteiger partial charge in [-0.25, -0.2) is 4.98 Å². The van der Waals surface area contributed by atoms with E-state index in [-0.39, 0.29) is 11.7 Å². The van der Waals surface area contributed by atoms with Gasteiger partial charge >= 0.3 is 0 Å². The largest absolute Gasteiger partial charge is 0.409 e. The van der Waals surface area contributed by atoms with Crippen LogP contribution in [0.5, 0.6) is 0 Å². The molecule has 0 atom stereocenters. The number of amides is 1. The number of hydrogen-bond donors (Lipinski definition) is 3. The number of amidine groups is 1. The third-order valence-electron chi connectivity index (χ3n) is 2.66. The molecule has 0 spiro atoms. The molecule has 0 saturated carbocycles. The highest BCUT2D eigenvalue weighted by Gasteiger charge is 2.14. The molecule has 4 N–H and O–H groups in total. The topological polar surface area (TPSA) is 106 Å². The Hall–Kier alpha value is -2.54.